The normalized spacial score (nSPS) is 10.3. The highest BCUT2D eigenvalue weighted by Crippen LogP contribution is 2.38. The summed E-state index contributed by atoms with van der Waals surface area (Å²) >= 11 is 0. The van der Waals surface area contributed by atoms with E-state index in [2.05, 4.69) is 15.2 Å². The first-order valence-corrected chi connectivity index (χ1v) is 5.77. The van der Waals surface area contributed by atoms with Gasteiger partial charge >= 0.3 is 0 Å². The molecule has 0 unspecified atom stereocenters. The summed E-state index contributed by atoms with van der Waals surface area (Å²) < 4.78 is 10.7. The van der Waals surface area contributed by atoms with Crippen LogP contribution in [0.15, 0.2) is 12.1 Å². The van der Waals surface area contributed by atoms with Gasteiger partial charge in [-0.2, -0.15) is 0 Å². The Kier molecular flexibility index (Phi) is 3.50. The minimum Gasteiger partial charge on any atom is -0.496 e. The van der Waals surface area contributed by atoms with Gasteiger partial charge in [0, 0.05) is 11.1 Å². The predicted octanol–water partition coefficient (Wildman–Crippen LogP) is 1.75. The van der Waals surface area contributed by atoms with E-state index in [0.29, 0.717) is 23.1 Å². The Morgan fingerprint density at radius 1 is 1.05 bits per heavy atom. The molecule has 0 atom stereocenters. The second-order valence-corrected chi connectivity index (χ2v) is 4.07. The van der Waals surface area contributed by atoms with Crippen molar-refractivity contribution in [1.29, 1.82) is 0 Å². The Bertz CT molecular complexity index is 614. The van der Waals surface area contributed by atoms with Crippen molar-refractivity contribution in [2.24, 2.45) is 0 Å². The molecule has 2 rings (SSSR count). The third-order valence-corrected chi connectivity index (χ3v) is 2.85. The molecule has 0 amide bonds. The van der Waals surface area contributed by atoms with E-state index in [1.54, 1.807) is 21.1 Å². The van der Waals surface area contributed by atoms with Crippen molar-refractivity contribution in [3.63, 3.8) is 0 Å². The summed E-state index contributed by atoms with van der Waals surface area (Å²) in [5.74, 6) is 2.26. The van der Waals surface area contributed by atoms with Gasteiger partial charge in [-0.25, -0.2) is 4.98 Å². The van der Waals surface area contributed by atoms with Gasteiger partial charge in [-0.1, -0.05) is 0 Å². The molecule has 0 fully saturated rings. The van der Waals surface area contributed by atoms with Crippen LogP contribution in [0, 0.1) is 13.8 Å². The van der Waals surface area contributed by atoms with Crippen LogP contribution in [0.5, 0.6) is 11.5 Å². The Morgan fingerprint density at radius 3 is 2.37 bits per heavy atom. The quantitative estimate of drug-likeness (QED) is 0.905. The number of anilines is 1. The van der Waals surface area contributed by atoms with Crippen LogP contribution < -0.4 is 15.2 Å². The second-order valence-electron chi connectivity index (χ2n) is 4.07. The summed E-state index contributed by atoms with van der Waals surface area (Å²) in [6.45, 7) is 3.65. The zero-order valence-corrected chi connectivity index (χ0v) is 11.4. The van der Waals surface area contributed by atoms with Crippen LogP contribution in [0.4, 0.5) is 5.82 Å². The van der Waals surface area contributed by atoms with Gasteiger partial charge in [0.2, 0.25) is 0 Å². The van der Waals surface area contributed by atoms with Crippen molar-refractivity contribution < 1.29 is 9.47 Å². The minimum absolute atomic E-state index is 0.329. The molecule has 0 aliphatic rings. The fourth-order valence-electron chi connectivity index (χ4n) is 1.96. The van der Waals surface area contributed by atoms with Crippen LogP contribution in [0.3, 0.4) is 0 Å². The number of rotatable bonds is 3. The van der Waals surface area contributed by atoms with Crippen LogP contribution >= 0.6 is 0 Å². The summed E-state index contributed by atoms with van der Waals surface area (Å²) in [6, 6.07) is 3.68. The third-order valence-electron chi connectivity index (χ3n) is 2.85. The maximum Gasteiger partial charge on any atom is 0.154 e. The maximum absolute atomic E-state index is 5.90. The molecule has 0 spiro atoms. The van der Waals surface area contributed by atoms with Crippen molar-refractivity contribution in [2.45, 2.75) is 13.8 Å². The lowest BCUT2D eigenvalue weighted by molar-refractivity contribution is 0.390. The maximum atomic E-state index is 5.90. The van der Waals surface area contributed by atoms with Crippen molar-refractivity contribution in [2.75, 3.05) is 20.0 Å². The first-order valence-electron chi connectivity index (χ1n) is 5.77. The number of methoxy groups -OCH3 is 2. The largest absolute Gasteiger partial charge is 0.496 e. The summed E-state index contributed by atoms with van der Waals surface area (Å²) in [6.07, 6.45) is 0. The molecule has 100 valence electrons. The van der Waals surface area contributed by atoms with Crippen molar-refractivity contribution >= 4 is 5.82 Å². The molecule has 0 saturated carbocycles. The number of hydrogen-bond donors (Lipinski definition) is 1. The standard InChI is InChI=1S/C13H16N4O2/c1-7-10(18-3)6-5-9(12(7)19-4)11-13(14)15-8(2)16-17-11/h5-6H,1-4H3,(H2,14,15,16). The van der Waals surface area contributed by atoms with E-state index in [4.69, 9.17) is 15.2 Å². The summed E-state index contributed by atoms with van der Waals surface area (Å²) in [5.41, 5.74) is 8.03. The monoisotopic (exact) mass is 260 g/mol. The third kappa shape index (κ3) is 2.29. The van der Waals surface area contributed by atoms with Crippen LogP contribution in [0.1, 0.15) is 11.4 Å². The Hall–Kier alpha value is -2.37. The lowest BCUT2D eigenvalue weighted by Crippen LogP contribution is -2.04. The molecule has 19 heavy (non-hydrogen) atoms. The molecule has 1 heterocycles. The summed E-state index contributed by atoms with van der Waals surface area (Å²) in [4.78, 5) is 4.11. The molecule has 1 aromatic carbocycles. The molecule has 1 aromatic heterocycles. The first kappa shape index (κ1) is 13.1. The van der Waals surface area contributed by atoms with Gasteiger partial charge in [0.15, 0.2) is 5.82 Å². The number of nitrogens with zero attached hydrogens (tertiary/aromatic N) is 3. The van der Waals surface area contributed by atoms with E-state index >= 15 is 0 Å². The van der Waals surface area contributed by atoms with Gasteiger partial charge in [-0.05, 0) is 26.0 Å². The smallest absolute Gasteiger partial charge is 0.154 e. The van der Waals surface area contributed by atoms with E-state index in [1.165, 1.54) is 0 Å². The molecule has 0 bridgehead atoms. The highest BCUT2D eigenvalue weighted by Gasteiger charge is 2.17. The molecule has 0 aliphatic heterocycles. The van der Waals surface area contributed by atoms with E-state index < -0.39 is 0 Å². The number of nitrogen functional groups attached to an aromatic ring is 1. The van der Waals surface area contributed by atoms with Gasteiger partial charge < -0.3 is 15.2 Å². The van der Waals surface area contributed by atoms with Crippen LogP contribution in [-0.2, 0) is 0 Å². The first-order chi connectivity index (χ1) is 9.08. The molecular formula is C13H16N4O2. The fourth-order valence-corrected chi connectivity index (χ4v) is 1.96. The van der Waals surface area contributed by atoms with E-state index in [0.717, 1.165) is 16.9 Å². The number of aryl methyl sites for hydroxylation is 1. The topological polar surface area (TPSA) is 83.2 Å². The zero-order valence-electron chi connectivity index (χ0n) is 11.4. The predicted molar refractivity (Wildman–Crippen MR) is 72.3 cm³/mol. The van der Waals surface area contributed by atoms with Crippen molar-refractivity contribution in [3.05, 3.63) is 23.5 Å². The summed E-state index contributed by atoms with van der Waals surface area (Å²) in [5, 5.41) is 8.03. The van der Waals surface area contributed by atoms with Gasteiger partial charge in [-0.15, -0.1) is 10.2 Å². The molecule has 6 heteroatoms. The van der Waals surface area contributed by atoms with E-state index in [-0.39, 0.29) is 0 Å². The van der Waals surface area contributed by atoms with E-state index in [1.807, 2.05) is 19.1 Å². The van der Waals surface area contributed by atoms with Crippen molar-refractivity contribution in [1.82, 2.24) is 15.2 Å². The molecule has 0 saturated heterocycles. The lowest BCUT2D eigenvalue weighted by Gasteiger charge is -2.14. The Labute approximate surface area is 111 Å². The van der Waals surface area contributed by atoms with Crippen molar-refractivity contribution in [3.8, 4) is 22.8 Å². The summed E-state index contributed by atoms with van der Waals surface area (Å²) in [7, 11) is 3.21. The average Bonchev–Trinajstić information content (AvgIpc) is 2.38. The average molecular weight is 260 g/mol. The molecular weight excluding hydrogens is 244 g/mol. The fraction of sp³-hybridized carbons (Fsp3) is 0.308. The number of benzene rings is 1. The van der Waals surface area contributed by atoms with Crippen LogP contribution in [0.2, 0.25) is 0 Å². The number of ether oxygens (including phenoxy) is 2. The highest BCUT2D eigenvalue weighted by molar-refractivity contribution is 5.77. The van der Waals surface area contributed by atoms with Gasteiger partial charge in [-0.3, -0.25) is 0 Å². The van der Waals surface area contributed by atoms with E-state index in [9.17, 15) is 0 Å². The SMILES string of the molecule is COc1ccc(-c2nnc(C)nc2N)c(OC)c1C. The molecule has 0 radical (unpaired) electrons. The second kappa shape index (κ2) is 5.09. The Morgan fingerprint density at radius 2 is 1.79 bits per heavy atom. The van der Waals surface area contributed by atoms with Crippen LogP contribution in [0.25, 0.3) is 11.3 Å². The zero-order chi connectivity index (χ0) is 14.0. The molecule has 0 aliphatic carbocycles. The van der Waals surface area contributed by atoms with Gasteiger partial charge in [0.05, 0.1) is 14.2 Å². The number of hydrogen-bond acceptors (Lipinski definition) is 6. The molecule has 2 aromatic rings. The van der Waals surface area contributed by atoms with Gasteiger partial charge in [0.25, 0.3) is 0 Å². The molecule has 6 nitrogen and oxygen atoms in total. The van der Waals surface area contributed by atoms with Gasteiger partial charge in [0.1, 0.15) is 23.0 Å². The number of nitrogens with two attached hydrogens (primary N) is 1. The lowest BCUT2D eigenvalue weighted by atomic mass is 10.1. The molecule has 2 N–H and O–H groups in total. The number of aromatic nitrogens is 3. The Balaban J connectivity index is 2.65. The minimum atomic E-state index is 0.329. The van der Waals surface area contributed by atoms with Crippen LogP contribution in [-0.4, -0.2) is 29.4 Å². The highest BCUT2D eigenvalue weighted by atomic mass is 16.5.